The summed E-state index contributed by atoms with van der Waals surface area (Å²) >= 11 is 0. The molecule has 2 aromatic rings. The van der Waals surface area contributed by atoms with Crippen LogP contribution in [-0.4, -0.2) is 26.5 Å². The van der Waals surface area contributed by atoms with Crippen molar-refractivity contribution >= 4 is 5.78 Å². The molecule has 132 valence electrons. The molecule has 0 aromatic heterocycles. The summed E-state index contributed by atoms with van der Waals surface area (Å²) in [5.74, 6) is 1.56. The van der Waals surface area contributed by atoms with Gasteiger partial charge in [-0.15, -0.1) is 0 Å². The van der Waals surface area contributed by atoms with Crippen LogP contribution in [-0.2, 0) is 6.42 Å². The molecule has 4 nitrogen and oxygen atoms in total. The van der Waals surface area contributed by atoms with Crippen molar-refractivity contribution in [3.8, 4) is 11.5 Å². The smallest absolute Gasteiger partial charge is 0.170 e. The van der Waals surface area contributed by atoms with E-state index in [0.29, 0.717) is 5.75 Å². The van der Waals surface area contributed by atoms with E-state index in [1.165, 1.54) is 5.56 Å². The van der Waals surface area contributed by atoms with Crippen molar-refractivity contribution < 1.29 is 14.3 Å². The molecule has 0 radical (unpaired) electrons. The number of hydrogen-bond acceptors (Lipinski definition) is 4. The molecule has 0 unspecified atom stereocenters. The van der Waals surface area contributed by atoms with Gasteiger partial charge >= 0.3 is 0 Å². The van der Waals surface area contributed by atoms with Crippen LogP contribution in [0.4, 0.5) is 0 Å². The summed E-state index contributed by atoms with van der Waals surface area (Å²) in [7, 11) is 3.28. The molecule has 2 aromatic carbocycles. The van der Waals surface area contributed by atoms with Crippen molar-refractivity contribution in [3.05, 3.63) is 59.2 Å². The van der Waals surface area contributed by atoms with Crippen LogP contribution in [0.25, 0.3) is 0 Å². The van der Waals surface area contributed by atoms with Crippen molar-refractivity contribution in [1.82, 2.24) is 5.32 Å². The van der Waals surface area contributed by atoms with Gasteiger partial charge in [-0.2, -0.15) is 0 Å². The molecule has 0 fully saturated rings. The molecule has 0 bridgehead atoms. The van der Waals surface area contributed by atoms with Crippen LogP contribution in [0, 0.1) is 5.41 Å². The summed E-state index contributed by atoms with van der Waals surface area (Å²) in [6.45, 7) is 4.84. The molecule has 1 heterocycles. The molecule has 0 saturated heterocycles. The number of fused-ring (bicyclic) bond motifs is 1. The third-order valence-corrected chi connectivity index (χ3v) is 5.04. The van der Waals surface area contributed by atoms with E-state index in [2.05, 4.69) is 5.32 Å². The minimum absolute atomic E-state index is 0.0798. The molecule has 3 rings (SSSR count). The zero-order valence-corrected chi connectivity index (χ0v) is 15.3. The molecule has 0 amide bonds. The number of carbonyl (C=O) groups is 1. The summed E-state index contributed by atoms with van der Waals surface area (Å²) in [5.41, 5.74) is 2.46. The number of ether oxygens (including phenoxy) is 2. The first-order valence-corrected chi connectivity index (χ1v) is 8.57. The van der Waals surface area contributed by atoms with Crippen LogP contribution in [0.1, 0.15) is 41.4 Å². The molecular formula is C21H25NO3. The topological polar surface area (TPSA) is 47.6 Å². The molecule has 25 heavy (non-hydrogen) atoms. The number of nitrogens with one attached hydrogen (secondary N) is 1. The quantitative estimate of drug-likeness (QED) is 0.842. The summed E-state index contributed by atoms with van der Waals surface area (Å²) < 4.78 is 10.9. The van der Waals surface area contributed by atoms with E-state index in [1.54, 1.807) is 14.2 Å². The molecule has 0 aliphatic carbocycles. The van der Waals surface area contributed by atoms with Crippen LogP contribution in [0.3, 0.4) is 0 Å². The number of carbonyl (C=O) groups excluding carboxylic acids is 1. The van der Waals surface area contributed by atoms with Gasteiger partial charge in [0.15, 0.2) is 17.3 Å². The van der Waals surface area contributed by atoms with Gasteiger partial charge in [-0.1, -0.05) is 44.2 Å². The second-order valence-corrected chi connectivity index (χ2v) is 6.96. The minimum Gasteiger partial charge on any atom is -0.493 e. The van der Waals surface area contributed by atoms with E-state index in [4.69, 9.17) is 9.47 Å². The highest BCUT2D eigenvalue weighted by molar-refractivity contribution is 6.00. The van der Waals surface area contributed by atoms with E-state index in [-0.39, 0.29) is 11.8 Å². The van der Waals surface area contributed by atoms with Crippen molar-refractivity contribution in [3.63, 3.8) is 0 Å². The summed E-state index contributed by atoms with van der Waals surface area (Å²) in [6, 6.07) is 13.4. The van der Waals surface area contributed by atoms with E-state index >= 15 is 0 Å². The Morgan fingerprint density at radius 3 is 2.36 bits per heavy atom. The maximum atomic E-state index is 13.2. The molecule has 1 N–H and O–H groups in total. The lowest BCUT2D eigenvalue weighted by Crippen LogP contribution is -2.43. The fourth-order valence-corrected chi connectivity index (χ4v) is 3.62. The second kappa shape index (κ2) is 6.89. The van der Waals surface area contributed by atoms with Gasteiger partial charge in [-0.25, -0.2) is 0 Å². The lowest BCUT2D eigenvalue weighted by atomic mass is 9.72. The van der Waals surface area contributed by atoms with E-state index in [1.807, 2.05) is 56.3 Å². The van der Waals surface area contributed by atoms with Gasteiger partial charge < -0.3 is 14.8 Å². The third-order valence-electron chi connectivity index (χ3n) is 5.04. The van der Waals surface area contributed by atoms with Gasteiger partial charge in [0.05, 0.1) is 14.2 Å². The zero-order chi connectivity index (χ0) is 18.0. The molecular weight excluding hydrogens is 314 g/mol. The number of ketones is 1. The van der Waals surface area contributed by atoms with Crippen LogP contribution < -0.4 is 14.8 Å². The largest absolute Gasteiger partial charge is 0.493 e. The highest BCUT2D eigenvalue weighted by atomic mass is 16.5. The maximum Gasteiger partial charge on any atom is 0.170 e. The summed E-state index contributed by atoms with van der Waals surface area (Å²) in [6.07, 6.45) is 0.905. The maximum absolute atomic E-state index is 13.2. The van der Waals surface area contributed by atoms with Gasteiger partial charge in [0.2, 0.25) is 0 Å². The number of benzene rings is 2. The Hall–Kier alpha value is -2.33. The first kappa shape index (κ1) is 17.5. The van der Waals surface area contributed by atoms with Crippen molar-refractivity contribution in [2.24, 2.45) is 5.41 Å². The highest BCUT2D eigenvalue weighted by Crippen LogP contribution is 2.43. The Balaban J connectivity index is 2.03. The van der Waals surface area contributed by atoms with E-state index < -0.39 is 5.41 Å². The van der Waals surface area contributed by atoms with Crippen LogP contribution >= 0.6 is 0 Å². The van der Waals surface area contributed by atoms with Crippen LogP contribution in [0.15, 0.2) is 42.5 Å². The van der Waals surface area contributed by atoms with E-state index in [0.717, 1.165) is 29.8 Å². The SMILES string of the molecule is COc1cc2c(cc1OC)[C@@H](C(C)(C)C(=O)c1ccccc1)NCC2. The van der Waals surface area contributed by atoms with Crippen molar-refractivity contribution in [2.75, 3.05) is 20.8 Å². The lowest BCUT2D eigenvalue weighted by Gasteiger charge is -2.38. The Labute approximate surface area is 149 Å². The Bertz CT molecular complexity index is 768. The summed E-state index contributed by atoms with van der Waals surface area (Å²) in [4.78, 5) is 13.2. The van der Waals surface area contributed by atoms with Crippen LogP contribution in [0.2, 0.25) is 0 Å². The molecule has 1 atom stereocenters. The highest BCUT2D eigenvalue weighted by Gasteiger charge is 2.40. The van der Waals surface area contributed by atoms with E-state index in [9.17, 15) is 4.79 Å². The average molecular weight is 339 g/mol. The van der Waals surface area contributed by atoms with Gasteiger partial charge in [0.1, 0.15) is 0 Å². The molecule has 1 aliphatic rings. The Morgan fingerprint density at radius 2 is 1.72 bits per heavy atom. The van der Waals surface area contributed by atoms with Gasteiger partial charge in [-0.3, -0.25) is 4.79 Å². The van der Waals surface area contributed by atoms with Gasteiger partial charge in [0, 0.05) is 17.0 Å². The number of rotatable bonds is 5. The minimum atomic E-state index is -0.587. The fourth-order valence-electron chi connectivity index (χ4n) is 3.62. The Morgan fingerprint density at radius 1 is 1.08 bits per heavy atom. The normalized spacial score (nSPS) is 16.9. The predicted octanol–water partition coefficient (Wildman–Crippen LogP) is 3.80. The Kier molecular flexibility index (Phi) is 4.82. The number of hydrogen-bond donors (Lipinski definition) is 1. The number of Topliss-reactive ketones (excluding diaryl/α,β-unsaturated/α-hetero) is 1. The predicted molar refractivity (Wildman–Crippen MR) is 98.5 cm³/mol. The van der Waals surface area contributed by atoms with Gasteiger partial charge in [-0.05, 0) is 36.2 Å². The molecule has 0 spiro atoms. The molecule has 1 aliphatic heterocycles. The zero-order valence-electron chi connectivity index (χ0n) is 15.3. The second-order valence-electron chi connectivity index (χ2n) is 6.96. The van der Waals surface area contributed by atoms with Crippen LogP contribution in [0.5, 0.6) is 11.5 Å². The lowest BCUT2D eigenvalue weighted by molar-refractivity contribution is 0.0772. The third kappa shape index (κ3) is 3.14. The summed E-state index contributed by atoms with van der Waals surface area (Å²) in [5, 5.41) is 3.54. The molecule has 0 saturated carbocycles. The first-order valence-electron chi connectivity index (χ1n) is 8.57. The van der Waals surface area contributed by atoms with Crippen molar-refractivity contribution in [2.45, 2.75) is 26.3 Å². The number of methoxy groups -OCH3 is 2. The fraction of sp³-hybridized carbons (Fsp3) is 0.381. The standard InChI is InChI=1S/C21H25NO3/c1-21(2,20(23)14-8-6-5-7-9-14)19-16-13-18(25-4)17(24-3)12-15(16)10-11-22-19/h5-9,12-13,19,22H,10-11H2,1-4H3/t19-/m0/s1. The molecule has 4 heteroatoms. The average Bonchev–Trinajstić information content (AvgIpc) is 2.66. The monoisotopic (exact) mass is 339 g/mol. The van der Waals surface area contributed by atoms with Gasteiger partial charge in [0.25, 0.3) is 0 Å². The van der Waals surface area contributed by atoms with Crippen molar-refractivity contribution in [1.29, 1.82) is 0 Å². The first-order chi connectivity index (χ1) is 12.0.